The van der Waals surface area contributed by atoms with Gasteiger partial charge in [0.2, 0.25) is 10.0 Å². The highest BCUT2D eigenvalue weighted by Crippen LogP contribution is 2.28. The van der Waals surface area contributed by atoms with Crippen LogP contribution in [0.25, 0.3) is 0 Å². The number of rotatable bonds is 4. The first-order valence-electron chi connectivity index (χ1n) is 6.06. The van der Waals surface area contributed by atoms with Crippen molar-refractivity contribution >= 4 is 21.4 Å². The molecule has 102 valence electrons. The normalized spacial score (nSPS) is 24.0. The lowest BCUT2D eigenvalue weighted by Gasteiger charge is -2.32. The van der Waals surface area contributed by atoms with E-state index in [0.29, 0.717) is 19.0 Å². The fraction of sp³-hybridized carbons (Fsp3) is 0.727. The Balaban J connectivity index is 1.94. The van der Waals surface area contributed by atoms with Crippen molar-refractivity contribution in [2.45, 2.75) is 25.3 Å². The van der Waals surface area contributed by atoms with E-state index in [9.17, 15) is 8.42 Å². The Morgan fingerprint density at radius 2 is 2.44 bits per heavy atom. The first-order chi connectivity index (χ1) is 8.47. The zero-order valence-corrected chi connectivity index (χ0v) is 12.1. The molecule has 0 saturated carbocycles. The molecule has 0 bridgehead atoms. The van der Waals surface area contributed by atoms with Crippen LogP contribution in [-0.4, -0.2) is 37.1 Å². The molecule has 0 aromatic carbocycles. The summed E-state index contributed by atoms with van der Waals surface area (Å²) in [7, 11) is -3.07. The van der Waals surface area contributed by atoms with Crippen LogP contribution >= 0.6 is 11.3 Å². The summed E-state index contributed by atoms with van der Waals surface area (Å²) in [5.74, 6) is 0.352. The van der Waals surface area contributed by atoms with Crippen LogP contribution in [-0.2, 0) is 10.0 Å². The summed E-state index contributed by atoms with van der Waals surface area (Å²) in [6, 6.07) is -0.0259. The summed E-state index contributed by atoms with van der Waals surface area (Å²) in [4.78, 5) is 5.10. The van der Waals surface area contributed by atoms with Crippen LogP contribution in [0.1, 0.15) is 30.2 Å². The van der Waals surface area contributed by atoms with Crippen molar-refractivity contribution in [2.24, 2.45) is 11.7 Å². The molecule has 2 unspecified atom stereocenters. The molecule has 1 fully saturated rings. The van der Waals surface area contributed by atoms with E-state index in [0.717, 1.165) is 24.1 Å². The molecule has 1 aromatic rings. The highest BCUT2D eigenvalue weighted by atomic mass is 32.2. The summed E-state index contributed by atoms with van der Waals surface area (Å²) in [5.41, 5.74) is 7.90. The van der Waals surface area contributed by atoms with Crippen molar-refractivity contribution in [3.8, 4) is 0 Å². The third-order valence-electron chi connectivity index (χ3n) is 3.35. The van der Waals surface area contributed by atoms with Gasteiger partial charge in [-0.05, 0) is 25.2 Å². The molecule has 18 heavy (non-hydrogen) atoms. The van der Waals surface area contributed by atoms with Gasteiger partial charge in [0.15, 0.2) is 0 Å². The number of hydrogen-bond acceptors (Lipinski definition) is 5. The summed E-state index contributed by atoms with van der Waals surface area (Å²) in [6.45, 7) is 1.25. The Morgan fingerprint density at radius 1 is 1.67 bits per heavy atom. The smallest absolute Gasteiger partial charge is 0.211 e. The first-order valence-corrected chi connectivity index (χ1v) is 8.78. The average Bonchev–Trinajstić information content (AvgIpc) is 2.81. The fourth-order valence-electron chi connectivity index (χ4n) is 2.40. The molecule has 0 radical (unpaired) electrons. The third kappa shape index (κ3) is 3.50. The minimum atomic E-state index is -3.07. The molecule has 0 spiro atoms. The SMILES string of the molecule is CS(=O)(=O)N1CCCC(CC(N)c2cncs2)C1. The summed E-state index contributed by atoms with van der Waals surface area (Å²) >= 11 is 1.56. The second kappa shape index (κ2) is 5.64. The van der Waals surface area contributed by atoms with E-state index < -0.39 is 10.0 Å². The van der Waals surface area contributed by atoms with Gasteiger partial charge in [-0.1, -0.05) is 0 Å². The average molecular weight is 289 g/mol. The molecule has 1 saturated heterocycles. The van der Waals surface area contributed by atoms with Crippen LogP contribution in [0.4, 0.5) is 0 Å². The van der Waals surface area contributed by atoms with Gasteiger partial charge >= 0.3 is 0 Å². The highest BCUT2D eigenvalue weighted by molar-refractivity contribution is 7.88. The molecule has 2 N–H and O–H groups in total. The zero-order chi connectivity index (χ0) is 13.2. The van der Waals surface area contributed by atoms with Gasteiger partial charge < -0.3 is 5.73 Å². The highest BCUT2D eigenvalue weighted by Gasteiger charge is 2.27. The lowest BCUT2D eigenvalue weighted by atomic mass is 9.92. The van der Waals surface area contributed by atoms with Crippen LogP contribution in [0.5, 0.6) is 0 Å². The Morgan fingerprint density at radius 3 is 3.06 bits per heavy atom. The van der Waals surface area contributed by atoms with Crippen molar-refractivity contribution in [3.63, 3.8) is 0 Å². The van der Waals surface area contributed by atoms with Crippen LogP contribution in [0.2, 0.25) is 0 Å². The van der Waals surface area contributed by atoms with Crippen LogP contribution in [0.3, 0.4) is 0 Å². The van der Waals surface area contributed by atoms with Gasteiger partial charge in [-0.15, -0.1) is 11.3 Å². The lowest BCUT2D eigenvalue weighted by molar-refractivity contribution is 0.247. The van der Waals surface area contributed by atoms with Crippen LogP contribution in [0, 0.1) is 5.92 Å². The van der Waals surface area contributed by atoms with E-state index in [4.69, 9.17) is 5.73 Å². The fourth-order valence-corrected chi connectivity index (χ4v) is 3.98. The van der Waals surface area contributed by atoms with Gasteiger partial charge in [0.25, 0.3) is 0 Å². The Kier molecular flexibility index (Phi) is 4.37. The number of hydrogen-bond donors (Lipinski definition) is 1. The molecule has 1 aromatic heterocycles. The third-order valence-corrected chi connectivity index (χ3v) is 5.53. The summed E-state index contributed by atoms with van der Waals surface area (Å²) in [6.07, 6.45) is 5.88. The van der Waals surface area contributed by atoms with E-state index in [1.54, 1.807) is 27.3 Å². The molecule has 2 heterocycles. The van der Waals surface area contributed by atoms with Gasteiger partial charge in [0, 0.05) is 30.2 Å². The molecule has 1 aliphatic heterocycles. The second-order valence-electron chi connectivity index (χ2n) is 4.88. The monoisotopic (exact) mass is 289 g/mol. The predicted octanol–water partition coefficient (Wildman–Crippen LogP) is 1.20. The van der Waals surface area contributed by atoms with Gasteiger partial charge in [0.1, 0.15) is 0 Å². The standard InChI is InChI=1S/C11H19N3O2S2/c1-18(15,16)14-4-2-3-9(7-14)5-10(12)11-6-13-8-17-11/h6,8-10H,2-5,7,12H2,1H3. The van der Waals surface area contributed by atoms with Crippen molar-refractivity contribution in [1.29, 1.82) is 0 Å². The zero-order valence-electron chi connectivity index (χ0n) is 10.4. The Labute approximate surface area is 112 Å². The maximum absolute atomic E-state index is 11.5. The summed E-state index contributed by atoms with van der Waals surface area (Å²) < 4.78 is 24.6. The molecule has 0 aliphatic carbocycles. The lowest BCUT2D eigenvalue weighted by Crippen LogP contribution is -2.40. The Bertz CT molecular complexity index is 472. The maximum Gasteiger partial charge on any atom is 0.211 e. The minimum Gasteiger partial charge on any atom is -0.323 e. The minimum absolute atomic E-state index is 0.0259. The largest absolute Gasteiger partial charge is 0.323 e. The van der Waals surface area contributed by atoms with E-state index >= 15 is 0 Å². The Hall–Kier alpha value is -0.500. The number of nitrogens with zero attached hydrogens (tertiary/aromatic N) is 2. The van der Waals surface area contributed by atoms with Crippen LogP contribution < -0.4 is 5.73 Å². The van der Waals surface area contributed by atoms with E-state index in [2.05, 4.69) is 4.98 Å². The van der Waals surface area contributed by atoms with Gasteiger partial charge in [-0.2, -0.15) is 0 Å². The quantitative estimate of drug-likeness (QED) is 0.903. The molecular weight excluding hydrogens is 270 g/mol. The molecule has 0 amide bonds. The van der Waals surface area contributed by atoms with Gasteiger partial charge in [0.05, 0.1) is 11.8 Å². The van der Waals surface area contributed by atoms with Crippen molar-refractivity contribution in [1.82, 2.24) is 9.29 Å². The predicted molar refractivity (Wildman–Crippen MR) is 72.8 cm³/mol. The topological polar surface area (TPSA) is 76.3 Å². The first kappa shape index (κ1) is 13.9. The molecular formula is C11H19N3O2S2. The number of sulfonamides is 1. The van der Waals surface area contributed by atoms with E-state index in [1.165, 1.54) is 6.26 Å². The number of aromatic nitrogens is 1. The van der Waals surface area contributed by atoms with Gasteiger partial charge in [-0.25, -0.2) is 12.7 Å². The molecule has 5 nitrogen and oxygen atoms in total. The summed E-state index contributed by atoms with van der Waals surface area (Å²) in [5, 5.41) is 0. The van der Waals surface area contributed by atoms with Crippen LogP contribution in [0.15, 0.2) is 11.7 Å². The maximum atomic E-state index is 11.5. The van der Waals surface area contributed by atoms with Crippen molar-refractivity contribution in [3.05, 3.63) is 16.6 Å². The second-order valence-corrected chi connectivity index (χ2v) is 7.78. The van der Waals surface area contributed by atoms with E-state index in [-0.39, 0.29) is 6.04 Å². The van der Waals surface area contributed by atoms with Gasteiger partial charge in [-0.3, -0.25) is 4.98 Å². The number of nitrogens with two attached hydrogens (primary N) is 1. The molecule has 1 aliphatic rings. The number of thiazole rings is 1. The van der Waals surface area contributed by atoms with E-state index in [1.807, 2.05) is 0 Å². The molecule has 2 atom stereocenters. The van der Waals surface area contributed by atoms with Crippen molar-refractivity contribution in [2.75, 3.05) is 19.3 Å². The number of piperidine rings is 1. The molecule has 2 rings (SSSR count). The molecule has 7 heteroatoms. The van der Waals surface area contributed by atoms with Crippen molar-refractivity contribution < 1.29 is 8.42 Å².